The van der Waals surface area contributed by atoms with E-state index in [-0.39, 0.29) is 0 Å². The van der Waals surface area contributed by atoms with E-state index < -0.39 is 0 Å². The molecule has 0 unspecified atom stereocenters. The molecule has 0 radical (unpaired) electrons. The van der Waals surface area contributed by atoms with E-state index >= 15 is 0 Å². The number of nitrogens with zero attached hydrogens (tertiary/aromatic N) is 3. The minimum atomic E-state index is 0.605. The number of hydrazine groups is 1. The van der Waals surface area contributed by atoms with Crippen molar-refractivity contribution < 1.29 is 0 Å². The maximum atomic E-state index is 5.59. The van der Waals surface area contributed by atoms with Gasteiger partial charge in [-0.1, -0.05) is 17.7 Å². The third-order valence-corrected chi connectivity index (χ3v) is 2.75. The fourth-order valence-electron chi connectivity index (χ4n) is 0.935. The van der Waals surface area contributed by atoms with E-state index in [0.29, 0.717) is 5.17 Å². The van der Waals surface area contributed by atoms with Gasteiger partial charge in [0.1, 0.15) is 0 Å². The largest absolute Gasteiger partial charge is 0.291 e. The first-order chi connectivity index (χ1) is 7.13. The van der Waals surface area contributed by atoms with Gasteiger partial charge in [0.15, 0.2) is 0 Å². The molecule has 0 spiro atoms. The topological polar surface area (TPSA) is 54.0 Å². The van der Waals surface area contributed by atoms with E-state index in [9.17, 15) is 0 Å². The fraction of sp³-hybridized carbons (Fsp3) is 0.200. The van der Waals surface area contributed by atoms with Crippen molar-refractivity contribution in [3.63, 3.8) is 0 Å². The molecule has 0 amide bonds. The maximum absolute atomic E-state index is 5.59. The highest BCUT2D eigenvalue weighted by molar-refractivity contribution is 8.13. The average Bonchev–Trinajstić information content (AvgIpc) is 2.20. The van der Waals surface area contributed by atoms with Gasteiger partial charge in [0.2, 0.25) is 5.17 Å². The van der Waals surface area contributed by atoms with Crippen molar-refractivity contribution in [1.82, 2.24) is 5.01 Å². The standard InChI is InChI=1S/C10H14N4S/c1-8-4-6-9(7-5-8)15-10(13-12-2)14(3)11/h4-7H,2,11H2,1,3H3/b13-10+. The fourth-order valence-corrected chi connectivity index (χ4v) is 1.66. The van der Waals surface area contributed by atoms with Crippen LogP contribution in [-0.4, -0.2) is 23.9 Å². The molecule has 0 bridgehead atoms. The summed E-state index contributed by atoms with van der Waals surface area (Å²) in [6.45, 7) is 5.35. The van der Waals surface area contributed by atoms with E-state index in [2.05, 4.69) is 16.9 Å². The van der Waals surface area contributed by atoms with Crippen LogP contribution in [0.25, 0.3) is 0 Å². The quantitative estimate of drug-likeness (QED) is 0.273. The summed E-state index contributed by atoms with van der Waals surface area (Å²) >= 11 is 1.45. The molecule has 0 aliphatic carbocycles. The molecule has 4 nitrogen and oxygen atoms in total. The lowest BCUT2D eigenvalue weighted by Gasteiger charge is -2.12. The van der Waals surface area contributed by atoms with E-state index in [4.69, 9.17) is 5.84 Å². The molecule has 0 saturated heterocycles. The van der Waals surface area contributed by atoms with Gasteiger partial charge >= 0.3 is 0 Å². The summed E-state index contributed by atoms with van der Waals surface area (Å²) < 4.78 is 0. The number of amidine groups is 1. The van der Waals surface area contributed by atoms with Gasteiger partial charge in [-0.3, -0.25) is 5.01 Å². The van der Waals surface area contributed by atoms with E-state index in [1.807, 2.05) is 31.2 Å². The second-order valence-corrected chi connectivity index (χ2v) is 4.09. The number of thioether (sulfide) groups is 1. The van der Waals surface area contributed by atoms with Crippen molar-refractivity contribution in [2.75, 3.05) is 7.05 Å². The molecule has 0 aliphatic heterocycles. The van der Waals surface area contributed by atoms with Gasteiger partial charge in [0, 0.05) is 18.7 Å². The Hall–Kier alpha value is -1.33. The number of hydrogen-bond donors (Lipinski definition) is 1. The van der Waals surface area contributed by atoms with Gasteiger partial charge in [-0.25, -0.2) is 5.84 Å². The molecule has 2 N–H and O–H groups in total. The van der Waals surface area contributed by atoms with Crippen molar-refractivity contribution in [1.29, 1.82) is 0 Å². The normalized spacial score (nSPS) is 11.3. The summed E-state index contributed by atoms with van der Waals surface area (Å²) in [6, 6.07) is 8.11. The lowest BCUT2D eigenvalue weighted by Crippen LogP contribution is -2.30. The summed E-state index contributed by atoms with van der Waals surface area (Å²) in [4.78, 5) is 1.07. The van der Waals surface area contributed by atoms with Crippen LogP contribution in [0.3, 0.4) is 0 Å². The van der Waals surface area contributed by atoms with Crippen LogP contribution in [-0.2, 0) is 0 Å². The van der Waals surface area contributed by atoms with Gasteiger partial charge in [0.25, 0.3) is 0 Å². The van der Waals surface area contributed by atoms with Gasteiger partial charge in [-0.15, -0.1) is 5.10 Å². The Bertz CT molecular complexity index is 356. The zero-order valence-corrected chi connectivity index (χ0v) is 9.66. The number of rotatable bonds is 2. The Kier molecular flexibility index (Phi) is 4.33. The zero-order valence-electron chi connectivity index (χ0n) is 8.84. The molecule has 0 saturated carbocycles. The van der Waals surface area contributed by atoms with Crippen LogP contribution in [0.2, 0.25) is 0 Å². The molecule has 0 aromatic heterocycles. The first-order valence-electron chi connectivity index (χ1n) is 4.40. The highest BCUT2D eigenvalue weighted by Gasteiger charge is 2.05. The van der Waals surface area contributed by atoms with Crippen LogP contribution < -0.4 is 5.84 Å². The summed E-state index contributed by atoms with van der Waals surface area (Å²) in [5.74, 6) is 5.59. The molecule has 80 valence electrons. The predicted molar refractivity (Wildman–Crippen MR) is 66.0 cm³/mol. The summed E-state index contributed by atoms with van der Waals surface area (Å²) in [6.07, 6.45) is 0. The van der Waals surface area contributed by atoms with Crippen LogP contribution in [0.1, 0.15) is 5.56 Å². The Morgan fingerprint density at radius 3 is 2.47 bits per heavy atom. The van der Waals surface area contributed by atoms with Crippen LogP contribution in [0.5, 0.6) is 0 Å². The molecule has 1 rings (SSSR count). The Morgan fingerprint density at radius 1 is 1.40 bits per heavy atom. The molecule has 0 fully saturated rings. The van der Waals surface area contributed by atoms with E-state index in [1.165, 1.54) is 22.3 Å². The maximum Gasteiger partial charge on any atom is 0.204 e. The number of nitrogens with two attached hydrogens (primary N) is 1. The van der Waals surface area contributed by atoms with Crippen molar-refractivity contribution in [3.8, 4) is 0 Å². The monoisotopic (exact) mass is 222 g/mol. The van der Waals surface area contributed by atoms with Gasteiger partial charge in [-0.05, 0) is 30.8 Å². The molecule has 0 heterocycles. The second kappa shape index (κ2) is 5.53. The first kappa shape index (κ1) is 11.7. The van der Waals surface area contributed by atoms with Crippen LogP contribution in [0.4, 0.5) is 0 Å². The highest BCUT2D eigenvalue weighted by Crippen LogP contribution is 2.20. The zero-order chi connectivity index (χ0) is 11.3. The number of aryl methyl sites for hydroxylation is 1. The highest BCUT2D eigenvalue weighted by atomic mass is 32.2. The van der Waals surface area contributed by atoms with Crippen LogP contribution in [0.15, 0.2) is 39.4 Å². The lowest BCUT2D eigenvalue weighted by molar-refractivity contribution is 0.548. The van der Waals surface area contributed by atoms with Gasteiger partial charge in [-0.2, -0.15) is 5.10 Å². The number of benzene rings is 1. The first-order valence-corrected chi connectivity index (χ1v) is 5.21. The van der Waals surface area contributed by atoms with Gasteiger partial charge < -0.3 is 0 Å². The predicted octanol–water partition coefficient (Wildman–Crippen LogP) is 1.86. The number of hydrogen-bond acceptors (Lipinski definition) is 4. The van der Waals surface area contributed by atoms with Crippen molar-refractivity contribution in [2.45, 2.75) is 11.8 Å². The summed E-state index contributed by atoms with van der Waals surface area (Å²) in [5, 5.41) is 9.32. The summed E-state index contributed by atoms with van der Waals surface area (Å²) in [7, 11) is 1.71. The van der Waals surface area contributed by atoms with E-state index in [0.717, 1.165) is 4.90 Å². The van der Waals surface area contributed by atoms with Crippen molar-refractivity contribution >= 4 is 23.6 Å². The molecule has 0 aliphatic rings. The Labute approximate surface area is 93.8 Å². The molecule has 0 atom stereocenters. The smallest absolute Gasteiger partial charge is 0.204 e. The molecular weight excluding hydrogens is 208 g/mol. The molecule has 15 heavy (non-hydrogen) atoms. The summed E-state index contributed by atoms with van der Waals surface area (Å²) in [5.41, 5.74) is 1.22. The average molecular weight is 222 g/mol. The Morgan fingerprint density at radius 2 is 2.00 bits per heavy atom. The third-order valence-electron chi connectivity index (χ3n) is 1.69. The van der Waals surface area contributed by atoms with Crippen LogP contribution in [0, 0.1) is 6.92 Å². The van der Waals surface area contributed by atoms with Crippen LogP contribution >= 0.6 is 11.8 Å². The second-order valence-electron chi connectivity index (χ2n) is 3.05. The minimum absolute atomic E-state index is 0.605. The molecule has 1 aromatic carbocycles. The molecular formula is C10H14N4S. The third kappa shape index (κ3) is 3.73. The van der Waals surface area contributed by atoms with E-state index in [1.54, 1.807) is 7.05 Å². The van der Waals surface area contributed by atoms with Crippen molar-refractivity contribution in [3.05, 3.63) is 29.8 Å². The SMILES string of the molecule is C=N/N=C(/Sc1ccc(C)cc1)N(C)N. The molecule has 5 heteroatoms. The minimum Gasteiger partial charge on any atom is -0.291 e. The van der Waals surface area contributed by atoms with Crippen molar-refractivity contribution in [2.24, 2.45) is 16.0 Å². The van der Waals surface area contributed by atoms with Gasteiger partial charge in [0.05, 0.1) is 0 Å². The molecule has 1 aromatic rings. The lowest BCUT2D eigenvalue weighted by atomic mass is 10.2. The Balaban J connectivity index is 2.79.